The highest BCUT2D eigenvalue weighted by Gasteiger charge is 2.47. The van der Waals surface area contributed by atoms with Crippen LogP contribution in [0.2, 0.25) is 0 Å². The van der Waals surface area contributed by atoms with E-state index in [0.717, 1.165) is 6.42 Å². The summed E-state index contributed by atoms with van der Waals surface area (Å²) in [6, 6.07) is 0. The van der Waals surface area contributed by atoms with Crippen molar-refractivity contribution in [2.75, 3.05) is 0 Å². The van der Waals surface area contributed by atoms with Crippen molar-refractivity contribution in [3.8, 4) is 0 Å². The largest absolute Gasteiger partial charge is 0.392 e. The third kappa shape index (κ3) is 1.03. The number of fused-ring (bicyclic) bond motifs is 3. The summed E-state index contributed by atoms with van der Waals surface area (Å²) in [6.07, 6.45) is 4.34. The predicted octanol–water partition coefficient (Wildman–Crippen LogP) is 1.29. The normalized spacial score (nSPS) is 43.2. The number of carbonyl (C=O) groups is 2. The Hall–Kier alpha value is -1.12. The van der Waals surface area contributed by atoms with Crippen LogP contribution in [0.25, 0.3) is 0 Å². The first-order valence-electron chi connectivity index (χ1n) is 4.49. The molecule has 1 fully saturated rings. The fourth-order valence-corrected chi connectivity index (χ4v) is 1.91. The Morgan fingerprint density at radius 3 is 2.85 bits per heavy atom. The van der Waals surface area contributed by atoms with Crippen LogP contribution < -0.4 is 0 Å². The molecule has 0 amide bonds. The van der Waals surface area contributed by atoms with Gasteiger partial charge in [-0.2, -0.15) is 0 Å². The van der Waals surface area contributed by atoms with Crippen LogP contribution in [-0.2, 0) is 14.3 Å². The molecule has 0 aromatic rings. The molecular weight excluding hydrogens is 168 g/mol. The number of rotatable bonds is 0. The summed E-state index contributed by atoms with van der Waals surface area (Å²) in [4.78, 5) is 22.8. The standard InChI is InChI=1S/C10H12O3/c1-6-5-7-3-4-10(6,2)9(12)13-8(7)11/h3-4,6-7H,5H2,1-2H3. The summed E-state index contributed by atoms with van der Waals surface area (Å²) in [5.74, 6) is -0.827. The van der Waals surface area contributed by atoms with Crippen LogP contribution in [0.1, 0.15) is 20.3 Å². The van der Waals surface area contributed by atoms with Gasteiger partial charge in [-0.15, -0.1) is 0 Å². The highest BCUT2D eigenvalue weighted by molar-refractivity contribution is 5.94. The van der Waals surface area contributed by atoms with Gasteiger partial charge in [0.25, 0.3) is 0 Å². The van der Waals surface area contributed by atoms with E-state index in [1.54, 1.807) is 6.08 Å². The van der Waals surface area contributed by atoms with Crippen molar-refractivity contribution in [2.45, 2.75) is 20.3 Å². The lowest BCUT2D eigenvalue weighted by Gasteiger charge is -2.30. The van der Waals surface area contributed by atoms with Gasteiger partial charge in [-0.3, -0.25) is 9.59 Å². The molecule has 0 saturated carbocycles. The average Bonchev–Trinajstić information content (AvgIpc) is 2.21. The minimum absolute atomic E-state index is 0.182. The third-order valence-electron chi connectivity index (χ3n) is 3.24. The van der Waals surface area contributed by atoms with Gasteiger partial charge in [0.15, 0.2) is 0 Å². The summed E-state index contributed by atoms with van der Waals surface area (Å²) < 4.78 is 4.73. The van der Waals surface area contributed by atoms with Crippen molar-refractivity contribution in [3.05, 3.63) is 12.2 Å². The lowest BCUT2D eigenvalue weighted by molar-refractivity contribution is -0.164. The molecule has 0 aromatic heterocycles. The van der Waals surface area contributed by atoms with E-state index >= 15 is 0 Å². The minimum atomic E-state index is -0.595. The monoisotopic (exact) mass is 180 g/mol. The molecule has 0 radical (unpaired) electrons. The highest BCUT2D eigenvalue weighted by Crippen LogP contribution is 2.42. The molecule has 3 aliphatic rings. The Bertz CT molecular complexity index is 305. The molecule has 2 heterocycles. The molecule has 0 spiro atoms. The number of hydrogen-bond acceptors (Lipinski definition) is 3. The minimum Gasteiger partial charge on any atom is -0.392 e. The molecule has 2 aliphatic heterocycles. The zero-order chi connectivity index (χ0) is 9.64. The quantitative estimate of drug-likeness (QED) is 0.320. The molecule has 70 valence electrons. The topological polar surface area (TPSA) is 43.4 Å². The van der Waals surface area contributed by atoms with E-state index in [9.17, 15) is 9.59 Å². The van der Waals surface area contributed by atoms with Gasteiger partial charge in [0.1, 0.15) is 0 Å². The van der Waals surface area contributed by atoms with Gasteiger partial charge in [-0.25, -0.2) is 0 Å². The van der Waals surface area contributed by atoms with Gasteiger partial charge in [-0.1, -0.05) is 19.1 Å². The van der Waals surface area contributed by atoms with Crippen LogP contribution in [-0.4, -0.2) is 11.9 Å². The summed E-state index contributed by atoms with van der Waals surface area (Å²) in [5.41, 5.74) is -0.595. The highest BCUT2D eigenvalue weighted by atomic mass is 16.6. The van der Waals surface area contributed by atoms with E-state index in [4.69, 9.17) is 4.74 Å². The zero-order valence-electron chi connectivity index (χ0n) is 7.74. The van der Waals surface area contributed by atoms with E-state index in [1.807, 2.05) is 19.9 Å². The second-order valence-corrected chi connectivity index (χ2v) is 4.09. The van der Waals surface area contributed by atoms with E-state index in [-0.39, 0.29) is 11.8 Å². The van der Waals surface area contributed by atoms with Crippen LogP contribution in [0.5, 0.6) is 0 Å². The maximum Gasteiger partial charge on any atom is 0.323 e. The van der Waals surface area contributed by atoms with E-state index in [0.29, 0.717) is 0 Å². The van der Waals surface area contributed by atoms with Gasteiger partial charge in [-0.05, 0) is 19.3 Å². The maximum absolute atomic E-state index is 11.5. The van der Waals surface area contributed by atoms with Crippen molar-refractivity contribution in [1.29, 1.82) is 0 Å². The van der Waals surface area contributed by atoms with Crippen molar-refractivity contribution in [2.24, 2.45) is 17.3 Å². The van der Waals surface area contributed by atoms with Gasteiger partial charge in [0, 0.05) is 0 Å². The van der Waals surface area contributed by atoms with Crippen molar-refractivity contribution in [3.63, 3.8) is 0 Å². The van der Waals surface area contributed by atoms with Gasteiger partial charge >= 0.3 is 11.9 Å². The molecule has 3 unspecified atom stereocenters. The predicted molar refractivity (Wildman–Crippen MR) is 45.6 cm³/mol. The Kier molecular flexibility index (Phi) is 1.59. The molecule has 13 heavy (non-hydrogen) atoms. The first-order valence-corrected chi connectivity index (χ1v) is 4.49. The fourth-order valence-electron chi connectivity index (χ4n) is 1.91. The maximum atomic E-state index is 11.5. The van der Waals surface area contributed by atoms with Crippen LogP contribution in [0.15, 0.2) is 12.2 Å². The Morgan fingerprint density at radius 2 is 2.23 bits per heavy atom. The molecule has 3 atom stereocenters. The third-order valence-corrected chi connectivity index (χ3v) is 3.24. The second-order valence-electron chi connectivity index (χ2n) is 4.09. The first kappa shape index (κ1) is 8.48. The SMILES string of the molecule is CC1CC2C=CC1(C)C(=O)OC2=O. The Balaban J connectivity index is 2.48. The van der Waals surface area contributed by atoms with Gasteiger partial charge < -0.3 is 4.74 Å². The summed E-state index contributed by atoms with van der Waals surface area (Å²) in [6.45, 7) is 3.81. The summed E-state index contributed by atoms with van der Waals surface area (Å²) in [5, 5.41) is 0. The number of carbonyl (C=O) groups excluding carboxylic acids is 2. The number of ether oxygens (including phenoxy) is 1. The van der Waals surface area contributed by atoms with E-state index < -0.39 is 17.4 Å². The Labute approximate surface area is 76.8 Å². The van der Waals surface area contributed by atoms with E-state index in [1.165, 1.54) is 0 Å². The van der Waals surface area contributed by atoms with Crippen molar-refractivity contribution >= 4 is 11.9 Å². The van der Waals surface area contributed by atoms with Crippen LogP contribution in [0.4, 0.5) is 0 Å². The molecule has 2 bridgehead atoms. The molecule has 3 heteroatoms. The molecular formula is C10H12O3. The number of hydrogen-bond donors (Lipinski definition) is 0. The zero-order valence-corrected chi connectivity index (χ0v) is 7.74. The molecule has 0 aromatic carbocycles. The molecule has 1 aliphatic carbocycles. The summed E-state index contributed by atoms with van der Waals surface area (Å²) in [7, 11) is 0. The summed E-state index contributed by atoms with van der Waals surface area (Å²) >= 11 is 0. The van der Waals surface area contributed by atoms with Crippen LogP contribution in [0, 0.1) is 17.3 Å². The smallest absolute Gasteiger partial charge is 0.323 e. The Morgan fingerprint density at radius 1 is 1.54 bits per heavy atom. The van der Waals surface area contributed by atoms with Crippen molar-refractivity contribution in [1.82, 2.24) is 0 Å². The molecule has 3 rings (SSSR count). The first-order chi connectivity index (χ1) is 6.04. The lowest BCUT2D eigenvalue weighted by Crippen LogP contribution is -2.33. The van der Waals surface area contributed by atoms with E-state index in [2.05, 4.69) is 0 Å². The molecule has 1 saturated heterocycles. The van der Waals surface area contributed by atoms with Crippen LogP contribution in [0.3, 0.4) is 0 Å². The van der Waals surface area contributed by atoms with Crippen LogP contribution >= 0.6 is 0 Å². The molecule has 3 nitrogen and oxygen atoms in total. The van der Waals surface area contributed by atoms with Gasteiger partial charge in [0.2, 0.25) is 0 Å². The van der Waals surface area contributed by atoms with Crippen molar-refractivity contribution < 1.29 is 14.3 Å². The second kappa shape index (κ2) is 2.44. The number of esters is 2. The molecule has 0 N–H and O–H groups in total. The average molecular weight is 180 g/mol. The fraction of sp³-hybridized carbons (Fsp3) is 0.600. The lowest BCUT2D eigenvalue weighted by atomic mass is 9.70. The van der Waals surface area contributed by atoms with Gasteiger partial charge in [0.05, 0.1) is 11.3 Å².